The molecule has 0 aromatic carbocycles. The molecule has 0 rings (SSSR count). The number of rotatable bonds is 55. The zero-order valence-corrected chi connectivity index (χ0v) is 47.2. The molecule has 0 heterocycles. The Balaban J connectivity index is 4.09. The molecule has 2 unspecified atom stereocenters. The Morgan fingerprint density at radius 3 is 1.17 bits per heavy atom. The van der Waals surface area contributed by atoms with Crippen LogP contribution in [0.15, 0.2) is 24.3 Å². The summed E-state index contributed by atoms with van der Waals surface area (Å²) in [5, 5.41) is 0. The first-order valence-corrected chi connectivity index (χ1v) is 31.1. The Hall–Kier alpha value is -1.51. The molecule has 0 spiro atoms. The first-order chi connectivity index (χ1) is 33.5. The fraction of sp³-hybridized carbons (Fsp3) is 0.898. The molecule has 9 nitrogen and oxygen atoms in total. The van der Waals surface area contributed by atoms with Crippen molar-refractivity contribution >= 4 is 19.8 Å². The zero-order chi connectivity index (χ0) is 50.6. The van der Waals surface area contributed by atoms with Crippen molar-refractivity contribution in [2.45, 2.75) is 296 Å². The van der Waals surface area contributed by atoms with E-state index in [0.717, 1.165) is 44.9 Å². The molecule has 0 saturated carbocycles. The van der Waals surface area contributed by atoms with Crippen LogP contribution in [0.4, 0.5) is 0 Å². The van der Waals surface area contributed by atoms with Gasteiger partial charge in [-0.05, 0) is 44.9 Å². The highest BCUT2D eigenvalue weighted by atomic mass is 31.2. The average Bonchev–Trinajstić information content (AvgIpc) is 3.31. The lowest BCUT2D eigenvalue weighted by Crippen LogP contribution is -2.37. The molecule has 0 radical (unpaired) electrons. The van der Waals surface area contributed by atoms with E-state index in [2.05, 4.69) is 38.2 Å². The molecule has 0 aliphatic rings. The van der Waals surface area contributed by atoms with Crippen LogP contribution in [0.3, 0.4) is 0 Å². The Morgan fingerprint density at radius 2 is 0.783 bits per heavy atom. The van der Waals surface area contributed by atoms with Crippen molar-refractivity contribution in [1.82, 2.24) is 0 Å². The molecule has 408 valence electrons. The van der Waals surface area contributed by atoms with Gasteiger partial charge < -0.3 is 18.9 Å². The van der Waals surface area contributed by atoms with Gasteiger partial charge in [-0.15, -0.1) is 0 Å². The van der Waals surface area contributed by atoms with Gasteiger partial charge in [0.05, 0.1) is 27.7 Å². The number of hydrogen-bond donors (Lipinski definition) is 1. The second kappa shape index (κ2) is 51.4. The highest BCUT2D eigenvalue weighted by Crippen LogP contribution is 2.43. The number of allylic oxidation sites excluding steroid dienone is 4. The van der Waals surface area contributed by atoms with E-state index in [9.17, 15) is 19.0 Å². The number of ether oxygens (including phenoxy) is 2. The van der Waals surface area contributed by atoms with E-state index in [1.165, 1.54) is 212 Å². The van der Waals surface area contributed by atoms with E-state index in [-0.39, 0.29) is 25.6 Å². The topological polar surface area (TPSA) is 108 Å². The highest BCUT2D eigenvalue weighted by Gasteiger charge is 2.27. The molecule has 0 amide bonds. The number of unbranched alkanes of at least 4 members (excludes halogenated alkanes) is 37. The monoisotopic (exact) mass is 997 g/mol. The Kier molecular flexibility index (Phi) is 50.3. The van der Waals surface area contributed by atoms with Crippen molar-refractivity contribution in [2.75, 3.05) is 47.5 Å². The maximum atomic E-state index is 12.8. The highest BCUT2D eigenvalue weighted by molar-refractivity contribution is 7.47. The molecule has 0 fully saturated rings. The molecule has 0 aromatic heterocycles. The quantitative estimate of drug-likeness (QED) is 0.0211. The molecule has 10 heteroatoms. The number of phosphoric ester groups is 1. The van der Waals surface area contributed by atoms with Crippen molar-refractivity contribution in [3.8, 4) is 0 Å². The Labute approximate surface area is 428 Å². The second-order valence-corrected chi connectivity index (χ2v) is 22.8. The van der Waals surface area contributed by atoms with Gasteiger partial charge in [0.25, 0.3) is 0 Å². The largest absolute Gasteiger partial charge is 0.472 e. The fourth-order valence-corrected chi connectivity index (χ4v) is 9.38. The molecule has 1 N–H and O–H groups in total. The predicted molar refractivity (Wildman–Crippen MR) is 294 cm³/mol. The summed E-state index contributed by atoms with van der Waals surface area (Å²) in [6, 6.07) is 0. The summed E-state index contributed by atoms with van der Waals surface area (Å²) in [6.07, 6.45) is 61.1. The smallest absolute Gasteiger partial charge is 0.462 e. The van der Waals surface area contributed by atoms with Crippen LogP contribution < -0.4 is 0 Å². The number of hydrogen-bond acceptors (Lipinski definition) is 7. The Morgan fingerprint density at radius 1 is 0.449 bits per heavy atom. The maximum Gasteiger partial charge on any atom is 0.472 e. The number of quaternary nitrogens is 1. The molecule has 0 aliphatic heterocycles. The van der Waals surface area contributed by atoms with Gasteiger partial charge in [0.2, 0.25) is 0 Å². The van der Waals surface area contributed by atoms with E-state index in [1.54, 1.807) is 0 Å². The van der Waals surface area contributed by atoms with Gasteiger partial charge in [-0.2, -0.15) is 0 Å². The van der Waals surface area contributed by atoms with Gasteiger partial charge in [-0.1, -0.05) is 256 Å². The third kappa shape index (κ3) is 55.7. The summed E-state index contributed by atoms with van der Waals surface area (Å²) in [4.78, 5) is 35.7. The number of phosphoric acid groups is 1. The molecular weight excluding hydrogens is 882 g/mol. The summed E-state index contributed by atoms with van der Waals surface area (Å²) in [6.45, 7) is 4.46. The summed E-state index contributed by atoms with van der Waals surface area (Å²) in [5.41, 5.74) is 0. The van der Waals surface area contributed by atoms with Crippen LogP contribution in [-0.2, 0) is 32.7 Å². The lowest BCUT2D eigenvalue weighted by Gasteiger charge is -2.24. The summed E-state index contributed by atoms with van der Waals surface area (Å²) < 4.78 is 34.6. The van der Waals surface area contributed by atoms with Crippen molar-refractivity contribution in [1.29, 1.82) is 0 Å². The summed E-state index contributed by atoms with van der Waals surface area (Å²) >= 11 is 0. The number of esters is 2. The number of likely N-dealkylation sites (N-methyl/N-ethyl adjacent to an activating group) is 1. The van der Waals surface area contributed by atoms with Gasteiger partial charge in [-0.25, -0.2) is 4.57 Å². The molecule has 0 aliphatic carbocycles. The first-order valence-electron chi connectivity index (χ1n) is 29.6. The minimum Gasteiger partial charge on any atom is -0.462 e. The predicted octanol–water partition coefficient (Wildman–Crippen LogP) is 18.2. The van der Waals surface area contributed by atoms with Crippen LogP contribution in [0.5, 0.6) is 0 Å². The molecule has 0 saturated heterocycles. The van der Waals surface area contributed by atoms with E-state index >= 15 is 0 Å². The van der Waals surface area contributed by atoms with Crippen LogP contribution in [0.2, 0.25) is 0 Å². The van der Waals surface area contributed by atoms with Gasteiger partial charge in [0.1, 0.15) is 19.8 Å². The molecule has 2 atom stereocenters. The molecule has 69 heavy (non-hydrogen) atoms. The third-order valence-electron chi connectivity index (χ3n) is 13.2. The lowest BCUT2D eigenvalue weighted by molar-refractivity contribution is -0.870. The van der Waals surface area contributed by atoms with Crippen LogP contribution >= 0.6 is 7.82 Å². The van der Waals surface area contributed by atoms with E-state index in [0.29, 0.717) is 23.9 Å². The standard InChI is InChI=1S/C59H114NO8P/c1-6-8-10-12-14-16-18-20-22-24-26-27-28-29-30-31-32-34-35-37-39-41-43-45-47-49-51-58(61)65-55-57(56-67-69(63,64)66-54-53-60(3,4)5)68-59(62)52-50-48-46-44-42-40-38-36-33-25-23-21-19-17-15-13-11-9-7-2/h15,17,21,23,57H,6-14,16,18-20,22,24-56H2,1-5H3/p+1/b17-15-,23-21-. The van der Waals surface area contributed by atoms with Crippen LogP contribution in [0, 0.1) is 0 Å². The molecule has 0 aromatic rings. The third-order valence-corrected chi connectivity index (χ3v) is 14.2. The van der Waals surface area contributed by atoms with Gasteiger partial charge in [0, 0.05) is 12.8 Å². The first kappa shape index (κ1) is 67.5. The maximum absolute atomic E-state index is 12.8. The number of carbonyl (C=O) groups excluding carboxylic acids is 2. The van der Waals surface area contributed by atoms with Crippen molar-refractivity contribution in [3.63, 3.8) is 0 Å². The Bertz CT molecular complexity index is 1220. The minimum atomic E-state index is -4.38. The SMILES string of the molecule is CCCCC/C=C\C/C=C\CCCCCCCCCCCC(=O)OC(COC(=O)CCCCCCCCCCCCCCCCCCCCCCCCCCCC)COP(=O)(O)OCC[N+](C)(C)C. The lowest BCUT2D eigenvalue weighted by atomic mass is 10.0. The van der Waals surface area contributed by atoms with Crippen LogP contribution in [0.1, 0.15) is 290 Å². The molecule has 0 bridgehead atoms. The van der Waals surface area contributed by atoms with Crippen LogP contribution in [-0.4, -0.2) is 74.9 Å². The fourth-order valence-electron chi connectivity index (χ4n) is 8.64. The summed E-state index contributed by atoms with van der Waals surface area (Å²) in [5.74, 6) is -0.786. The van der Waals surface area contributed by atoms with Gasteiger partial charge in [-0.3, -0.25) is 18.6 Å². The van der Waals surface area contributed by atoms with Crippen molar-refractivity contribution < 1.29 is 42.1 Å². The number of nitrogens with zero attached hydrogens (tertiary/aromatic N) is 1. The summed E-state index contributed by atoms with van der Waals surface area (Å²) in [7, 11) is 1.49. The second-order valence-electron chi connectivity index (χ2n) is 21.4. The van der Waals surface area contributed by atoms with E-state index in [1.807, 2.05) is 21.1 Å². The van der Waals surface area contributed by atoms with Crippen molar-refractivity contribution in [3.05, 3.63) is 24.3 Å². The normalized spacial score (nSPS) is 13.4. The van der Waals surface area contributed by atoms with Crippen molar-refractivity contribution in [2.24, 2.45) is 0 Å². The molecular formula is C59H115NO8P+. The number of carbonyl (C=O) groups is 2. The zero-order valence-electron chi connectivity index (χ0n) is 46.3. The minimum absolute atomic E-state index is 0.0333. The van der Waals surface area contributed by atoms with Gasteiger partial charge in [0.15, 0.2) is 6.10 Å². The van der Waals surface area contributed by atoms with E-state index in [4.69, 9.17) is 18.5 Å². The van der Waals surface area contributed by atoms with Gasteiger partial charge >= 0.3 is 19.8 Å². The van der Waals surface area contributed by atoms with Crippen LogP contribution in [0.25, 0.3) is 0 Å². The average molecular weight is 998 g/mol. The van der Waals surface area contributed by atoms with E-state index < -0.39 is 26.5 Å².